The minimum atomic E-state index is -0.0647. The molecule has 0 aliphatic heterocycles. The Balaban J connectivity index is 1.92. The fourth-order valence-electron chi connectivity index (χ4n) is 2.28. The molecule has 0 bridgehead atoms. The van der Waals surface area contributed by atoms with E-state index in [1.807, 2.05) is 24.3 Å². The van der Waals surface area contributed by atoms with Gasteiger partial charge in [0, 0.05) is 27.8 Å². The van der Waals surface area contributed by atoms with Crippen LogP contribution < -0.4 is 5.32 Å². The van der Waals surface area contributed by atoms with Gasteiger partial charge in [-0.25, -0.2) is 0 Å². The number of hydrogen-bond donors (Lipinski definition) is 1. The van der Waals surface area contributed by atoms with Crippen LogP contribution >= 0.6 is 23.2 Å². The second kappa shape index (κ2) is 9.62. The maximum absolute atomic E-state index is 12.3. The highest BCUT2D eigenvalue weighted by atomic mass is 35.5. The largest absolute Gasteiger partial charge is 0.385 e. The van der Waals surface area contributed by atoms with Crippen molar-refractivity contribution in [3.8, 4) is 0 Å². The summed E-state index contributed by atoms with van der Waals surface area (Å²) in [5.74, 6) is -0.0647. The normalized spacial score (nSPS) is 11.2. The number of anilines is 1. The summed E-state index contributed by atoms with van der Waals surface area (Å²) in [6, 6.07) is 12.7. The third kappa shape index (κ3) is 6.54. The number of carbonyl (C=O) groups excluding carboxylic acids is 1. The molecule has 0 spiro atoms. The second-order valence-electron chi connectivity index (χ2n) is 6.02. The lowest BCUT2D eigenvalue weighted by atomic mass is 10.1. The summed E-state index contributed by atoms with van der Waals surface area (Å²) in [5.41, 5.74) is 2.42. The van der Waals surface area contributed by atoms with Crippen molar-refractivity contribution in [1.82, 2.24) is 4.90 Å². The predicted molar refractivity (Wildman–Crippen MR) is 108 cm³/mol. The summed E-state index contributed by atoms with van der Waals surface area (Å²) in [7, 11) is 4.12. The van der Waals surface area contributed by atoms with Crippen molar-refractivity contribution in [2.24, 2.45) is 0 Å². The van der Waals surface area contributed by atoms with Crippen molar-refractivity contribution in [3.05, 3.63) is 69.7 Å². The van der Waals surface area contributed by atoms with Crippen LogP contribution in [0.25, 0.3) is 6.08 Å². The third-order valence-electron chi connectivity index (χ3n) is 3.66. The SMILES string of the molecule is CN(C)CCCNc1ccc(C(=O)/C=C/c2ccc(Cl)cc2Cl)cc1. The van der Waals surface area contributed by atoms with Gasteiger partial charge >= 0.3 is 0 Å². The van der Waals surface area contributed by atoms with Crippen molar-refractivity contribution in [1.29, 1.82) is 0 Å². The molecule has 0 saturated carbocycles. The van der Waals surface area contributed by atoms with Gasteiger partial charge in [-0.05, 0) is 81.2 Å². The smallest absolute Gasteiger partial charge is 0.185 e. The van der Waals surface area contributed by atoms with Crippen LogP contribution in [0.15, 0.2) is 48.5 Å². The molecule has 3 nitrogen and oxygen atoms in total. The van der Waals surface area contributed by atoms with Crippen LogP contribution in [0, 0.1) is 0 Å². The summed E-state index contributed by atoms with van der Waals surface area (Å²) in [4.78, 5) is 14.4. The predicted octanol–water partition coefficient (Wildman–Crippen LogP) is 5.25. The lowest BCUT2D eigenvalue weighted by molar-refractivity contribution is 0.104. The van der Waals surface area contributed by atoms with Crippen LogP contribution in [0.5, 0.6) is 0 Å². The average Bonchev–Trinajstić information content (AvgIpc) is 2.58. The number of hydrogen-bond acceptors (Lipinski definition) is 3. The Morgan fingerprint density at radius 3 is 2.48 bits per heavy atom. The first-order valence-electron chi connectivity index (χ1n) is 8.12. The van der Waals surface area contributed by atoms with Crippen molar-refractivity contribution in [2.45, 2.75) is 6.42 Å². The lowest BCUT2D eigenvalue weighted by Crippen LogP contribution is -2.16. The third-order valence-corrected chi connectivity index (χ3v) is 4.22. The molecule has 0 heterocycles. The zero-order chi connectivity index (χ0) is 18.2. The number of carbonyl (C=O) groups is 1. The fraction of sp³-hybridized carbons (Fsp3) is 0.250. The molecule has 1 N–H and O–H groups in total. The number of benzene rings is 2. The summed E-state index contributed by atoms with van der Waals surface area (Å²) in [6.07, 6.45) is 4.29. The Morgan fingerprint density at radius 1 is 1.12 bits per heavy atom. The van der Waals surface area contributed by atoms with Crippen LogP contribution in [-0.4, -0.2) is 37.9 Å². The maximum Gasteiger partial charge on any atom is 0.185 e. The van der Waals surface area contributed by atoms with Gasteiger partial charge in [-0.1, -0.05) is 29.3 Å². The van der Waals surface area contributed by atoms with Crippen molar-refractivity contribution in [2.75, 3.05) is 32.5 Å². The number of ketones is 1. The Labute approximate surface area is 159 Å². The molecular weight excluding hydrogens is 355 g/mol. The van der Waals surface area contributed by atoms with E-state index in [0.717, 1.165) is 30.8 Å². The Kier molecular flexibility index (Phi) is 7.51. The molecule has 0 aliphatic carbocycles. The first kappa shape index (κ1) is 19.5. The van der Waals surface area contributed by atoms with Gasteiger partial charge in [-0.15, -0.1) is 0 Å². The van der Waals surface area contributed by atoms with Gasteiger partial charge in [-0.3, -0.25) is 4.79 Å². The zero-order valence-corrected chi connectivity index (χ0v) is 15.9. The number of nitrogens with one attached hydrogen (secondary N) is 1. The van der Waals surface area contributed by atoms with E-state index in [-0.39, 0.29) is 5.78 Å². The summed E-state index contributed by atoms with van der Waals surface area (Å²) in [5, 5.41) is 4.44. The molecule has 0 atom stereocenters. The molecule has 2 aromatic carbocycles. The van der Waals surface area contributed by atoms with Gasteiger partial charge in [0.2, 0.25) is 0 Å². The molecule has 25 heavy (non-hydrogen) atoms. The van der Waals surface area contributed by atoms with Gasteiger partial charge in [-0.2, -0.15) is 0 Å². The van der Waals surface area contributed by atoms with E-state index in [2.05, 4.69) is 24.3 Å². The number of rotatable bonds is 8. The van der Waals surface area contributed by atoms with E-state index < -0.39 is 0 Å². The average molecular weight is 377 g/mol. The summed E-state index contributed by atoms with van der Waals surface area (Å²) < 4.78 is 0. The Morgan fingerprint density at radius 2 is 1.84 bits per heavy atom. The van der Waals surface area contributed by atoms with Crippen LogP contribution in [-0.2, 0) is 0 Å². The monoisotopic (exact) mass is 376 g/mol. The maximum atomic E-state index is 12.3. The Hall–Kier alpha value is -1.81. The van der Waals surface area contributed by atoms with E-state index in [1.165, 1.54) is 6.08 Å². The van der Waals surface area contributed by atoms with Crippen LogP contribution in [0.3, 0.4) is 0 Å². The lowest BCUT2D eigenvalue weighted by Gasteiger charge is -2.10. The number of allylic oxidation sites excluding steroid dienone is 1. The quantitative estimate of drug-likeness (QED) is 0.387. The van der Waals surface area contributed by atoms with Gasteiger partial charge in [0.05, 0.1) is 0 Å². The molecule has 0 amide bonds. The summed E-state index contributed by atoms with van der Waals surface area (Å²) in [6.45, 7) is 1.95. The van der Waals surface area contributed by atoms with Gasteiger partial charge in [0.1, 0.15) is 0 Å². The molecule has 2 rings (SSSR count). The molecule has 0 fully saturated rings. The zero-order valence-electron chi connectivity index (χ0n) is 14.4. The minimum absolute atomic E-state index is 0.0647. The van der Waals surface area contributed by atoms with Crippen molar-refractivity contribution in [3.63, 3.8) is 0 Å². The van der Waals surface area contributed by atoms with Crippen LogP contribution in [0.2, 0.25) is 10.0 Å². The van der Waals surface area contributed by atoms with Crippen LogP contribution in [0.1, 0.15) is 22.3 Å². The second-order valence-corrected chi connectivity index (χ2v) is 6.87. The van der Waals surface area contributed by atoms with Crippen molar-refractivity contribution < 1.29 is 4.79 Å². The molecule has 5 heteroatoms. The molecule has 2 aromatic rings. The van der Waals surface area contributed by atoms with E-state index in [1.54, 1.807) is 24.3 Å². The van der Waals surface area contributed by atoms with Gasteiger partial charge in [0.25, 0.3) is 0 Å². The molecule has 132 valence electrons. The molecule has 0 aromatic heterocycles. The Bertz CT molecular complexity index is 740. The highest BCUT2D eigenvalue weighted by molar-refractivity contribution is 6.35. The number of nitrogens with zero attached hydrogens (tertiary/aromatic N) is 1. The van der Waals surface area contributed by atoms with E-state index >= 15 is 0 Å². The van der Waals surface area contributed by atoms with Gasteiger partial charge in [0.15, 0.2) is 5.78 Å². The van der Waals surface area contributed by atoms with E-state index in [0.29, 0.717) is 15.6 Å². The van der Waals surface area contributed by atoms with Crippen molar-refractivity contribution >= 4 is 40.7 Å². The van der Waals surface area contributed by atoms with E-state index in [9.17, 15) is 4.79 Å². The summed E-state index contributed by atoms with van der Waals surface area (Å²) >= 11 is 12.0. The molecule has 0 saturated heterocycles. The number of halogens is 2. The minimum Gasteiger partial charge on any atom is -0.385 e. The fourth-order valence-corrected chi connectivity index (χ4v) is 2.75. The molecule has 0 unspecified atom stereocenters. The topological polar surface area (TPSA) is 32.3 Å². The van der Waals surface area contributed by atoms with Gasteiger partial charge < -0.3 is 10.2 Å². The molecule has 0 aliphatic rings. The van der Waals surface area contributed by atoms with E-state index in [4.69, 9.17) is 23.2 Å². The molecular formula is C20H22Cl2N2O. The first-order valence-corrected chi connectivity index (χ1v) is 8.87. The van der Waals surface area contributed by atoms with Crippen LogP contribution in [0.4, 0.5) is 5.69 Å². The highest BCUT2D eigenvalue weighted by Gasteiger charge is 2.03. The molecule has 0 radical (unpaired) electrons. The highest BCUT2D eigenvalue weighted by Crippen LogP contribution is 2.22. The first-order chi connectivity index (χ1) is 12.0. The standard InChI is InChI=1S/C20H22Cl2N2O/c1-24(2)13-3-12-23-18-9-5-16(6-10-18)20(25)11-7-15-4-8-17(21)14-19(15)22/h4-11,14,23H,3,12-13H2,1-2H3/b11-7+.